The standard InChI is InChI=1S/C14H16ClFN2O4/c1-2-6-17-14(21)18-12(19)8-22-13(20)7-9-10(15)4-3-5-11(9)16/h3-5H,2,6-8H2,1H3,(H2,17,18,19,21). The molecule has 0 fully saturated rings. The molecule has 1 aromatic carbocycles. The topological polar surface area (TPSA) is 84.5 Å². The quantitative estimate of drug-likeness (QED) is 0.779. The number of carbonyl (C=O) groups is 3. The number of amides is 3. The monoisotopic (exact) mass is 330 g/mol. The average Bonchev–Trinajstić information content (AvgIpc) is 2.47. The number of hydrogen-bond donors (Lipinski definition) is 2. The van der Waals surface area contributed by atoms with Crippen molar-refractivity contribution in [2.45, 2.75) is 19.8 Å². The van der Waals surface area contributed by atoms with Gasteiger partial charge in [-0.1, -0.05) is 24.6 Å². The molecular formula is C14H16ClFN2O4. The third-order valence-corrected chi connectivity index (χ3v) is 2.89. The van der Waals surface area contributed by atoms with Gasteiger partial charge in [0, 0.05) is 17.1 Å². The first-order valence-electron chi connectivity index (χ1n) is 6.60. The molecule has 2 N–H and O–H groups in total. The summed E-state index contributed by atoms with van der Waals surface area (Å²) in [7, 11) is 0. The first-order valence-corrected chi connectivity index (χ1v) is 6.98. The number of hydrogen-bond acceptors (Lipinski definition) is 4. The van der Waals surface area contributed by atoms with Gasteiger partial charge < -0.3 is 10.1 Å². The summed E-state index contributed by atoms with van der Waals surface area (Å²) in [6, 6.07) is 3.35. The van der Waals surface area contributed by atoms with Crippen molar-refractivity contribution in [3.05, 3.63) is 34.6 Å². The lowest BCUT2D eigenvalue weighted by atomic mass is 10.1. The summed E-state index contributed by atoms with van der Waals surface area (Å²) < 4.78 is 18.1. The van der Waals surface area contributed by atoms with Crippen molar-refractivity contribution < 1.29 is 23.5 Å². The molecule has 6 nitrogen and oxygen atoms in total. The fraction of sp³-hybridized carbons (Fsp3) is 0.357. The maximum atomic E-state index is 13.5. The van der Waals surface area contributed by atoms with Crippen LogP contribution in [0.5, 0.6) is 0 Å². The van der Waals surface area contributed by atoms with Gasteiger partial charge in [-0.15, -0.1) is 0 Å². The lowest BCUT2D eigenvalue weighted by Crippen LogP contribution is -2.41. The fourth-order valence-corrected chi connectivity index (χ4v) is 1.72. The molecule has 0 saturated carbocycles. The number of urea groups is 1. The Labute approximate surface area is 132 Å². The Bertz CT molecular complexity index is 546. The van der Waals surface area contributed by atoms with Crippen LogP contribution < -0.4 is 10.6 Å². The van der Waals surface area contributed by atoms with Crippen LogP contribution in [0.4, 0.5) is 9.18 Å². The molecule has 0 radical (unpaired) electrons. The highest BCUT2D eigenvalue weighted by Crippen LogP contribution is 2.19. The summed E-state index contributed by atoms with van der Waals surface area (Å²) in [4.78, 5) is 34.1. The number of halogens is 2. The van der Waals surface area contributed by atoms with Crippen molar-refractivity contribution in [1.29, 1.82) is 0 Å². The van der Waals surface area contributed by atoms with E-state index in [0.29, 0.717) is 6.54 Å². The summed E-state index contributed by atoms with van der Waals surface area (Å²) in [6.45, 7) is 1.65. The molecule has 0 aliphatic heterocycles. The van der Waals surface area contributed by atoms with Crippen molar-refractivity contribution in [2.24, 2.45) is 0 Å². The van der Waals surface area contributed by atoms with Crippen LogP contribution in [0.1, 0.15) is 18.9 Å². The third-order valence-electron chi connectivity index (χ3n) is 2.54. The first-order chi connectivity index (χ1) is 10.4. The summed E-state index contributed by atoms with van der Waals surface area (Å²) in [5.74, 6) is -2.23. The molecule has 0 bridgehead atoms. The van der Waals surface area contributed by atoms with Crippen molar-refractivity contribution in [3.8, 4) is 0 Å². The van der Waals surface area contributed by atoms with Crippen LogP contribution in [-0.4, -0.2) is 31.1 Å². The van der Waals surface area contributed by atoms with E-state index in [4.69, 9.17) is 11.6 Å². The number of esters is 1. The highest BCUT2D eigenvalue weighted by Gasteiger charge is 2.15. The van der Waals surface area contributed by atoms with Crippen LogP contribution in [0.3, 0.4) is 0 Å². The Kier molecular flexibility index (Phi) is 7.31. The van der Waals surface area contributed by atoms with E-state index >= 15 is 0 Å². The molecule has 0 spiro atoms. The SMILES string of the molecule is CCCNC(=O)NC(=O)COC(=O)Cc1c(F)cccc1Cl. The predicted molar refractivity (Wildman–Crippen MR) is 77.9 cm³/mol. The second kappa shape index (κ2) is 8.99. The largest absolute Gasteiger partial charge is 0.455 e. The van der Waals surface area contributed by atoms with Gasteiger partial charge in [-0.3, -0.25) is 14.9 Å². The Morgan fingerprint density at radius 2 is 2.05 bits per heavy atom. The number of imide groups is 1. The molecule has 0 unspecified atom stereocenters. The Morgan fingerprint density at radius 1 is 1.32 bits per heavy atom. The van der Waals surface area contributed by atoms with Gasteiger partial charge in [0.1, 0.15) is 5.82 Å². The average molecular weight is 331 g/mol. The molecule has 0 aliphatic rings. The lowest BCUT2D eigenvalue weighted by Gasteiger charge is -2.08. The number of carbonyl (C=O) groups excluding carboxylic acids is 3. The van der Waals surface area contributed by atoms with Gasteiger partial charge in [0.25, 0.3) is 5.91 Å². The van der Waals surface area contributed by atoms with E-state index < -0.39 is 36.8 Å². The normalized spacial score (nSPS) is 9.95. The van der Waals surface area contributed by atoms with Crippen LogP contribution >= 0.6 is 11.6 Å². The van der Waals surface area contributed by atoms with Crippen molar-refractivity contribution in [1.82, 2.24) is 10.6 Å². The van der Waals surface area contributed by atoms with E-state index in [2.05, 4.69) is 10.1 Å². The predicted octanol–water partition coefficient (Wildman–Crippen LogP) is 1.80. The zero-order chi connectivity index (χ0) is 16.5. The maximum Gasteiger partial charge on any atom is 0.321 e. The van der Waals surface area contributed by atoms with E-state index in [0.717, 1.165) is 6.42 Å². The lowest BCUT2D eigenvalue weighted by molar-refractivity contribution is -0.147. The second-order valence-corrected chi connectivity index (χ2v) is 4.75. The van der Waals surface area contributed by atoms with Gasteiger partial charge >= 0.3 is 12.0 Å². The minimum Gasteiger partial charge on any atom is -0.455 e. The first kappa shape index (κ1) is 17.9. The van der Waals surface area contributed by atoms with Crippen molar-refractivity contribution in [2.75, 3.05) is 13.2 Å². The second-order valence-electron chi connectivity index (χ2n) is 4.34. The minimum absolute atomic E-state index is 0.00439. The number of benzene rings is 1. The molecule has 1 aromatic rings. The molecule has 0 saturated heterocycles. The highest BCUT2D eigenvalue weighted by atomic mass is 35.5. The molecule has 0 heterocycles. The highest BCUT2D eigenvalue weighted by molar-refractivity contribution is 6.31. The maximum absolute atomic E-state index is 13.5. The number of ether oxygens (including phenoxy) is 1. The Balaban J connectivity index is 2.40. The fourth-order valence-electron chi connectivity index (χ4n) is 1.49. The van der Waals surface area contributed by atoms with Crippen LogP contribution in [0.25, 0.3) is 0 Å². The van der Waals surface area contributed by atoms with Crippen molar-refractivity contribution in [3.63, 3.8) is 0 Å². The van der Waals surface area contributed by atoms with E-state index in [9.17, 15) is 18.8 Å². The third kappa shape index (κ3) is 6.09. The van der Waals surface area contributed by atoms with Gasteiger partial charge in [-0.25, -0.2) is 9.18 Å². The van der Waals surface area contributed by atoms with Crippen LogP contribution in [0.15, 0.2) is 18.2 Å². The Morgan fingerprint density at radius 3 is 2.68 bits per heavy atom. The smallest absolute Gasteiger partial charge is 0.321 e. The summed E-state index contributed by atoms with van der Waals surface area (Å²) in [5.41, 5.74) is -0.00439. The minimum atomic E-state index is -0.823. The van der Waals surface area contributed by atoms with Gasteiger partial charge in [0.2, 0.25) is 0 Å². The molecule has 0 aliphatic carbocycles. The Hall–Kier alpha value is -2.15. The summed E-state index contributed by atoms with van der Waals surface area (Å²) in [6.07, 6.45) is 0.320. The van der Waals surface area contributed by atoms with E-state index in [-0.39, 0.29) is 10.6 Å². The van der Waals surface area contributed by atoms with Gasteiger partial charge in [0.05, 0.1) is 6.42 Å². The number of rotatable bonds is 6. The van der Waals surface area contributed by atoms with E-state index in [1.807, 2.05) is 12.2 Å². The zero-order valence-corrected chi connectivity index (χ0v) is 12.7. The van der Waals surface area contributed by atoms with E-state index in [1.165, 1.54) is 18.2 Å². The molecule has 1 rings (SSSR count). The molecule has 0 atom stereocenters. The molecule has 120 valence electrons. The molecule has 3 amide bonds. The molecule has 0 aromatic heterocycles. The van der Waals surface area contributed by atoms with Gasteiger partial charge in [-0.05, 0) is 18.6 Å². The molecule has 8 heteroatoms. The summed E-state index contributed by atoms with van der Waals surface area (Å²) in [5, 5.41) is 4.52. The zero-order valence-electron chi connectivity index (χ0n) is 11.9. The molecular weight excluding hydrogens is 315 g/mol. The van der Waals surface area contributed by atoms with Crippen molar-refractivity contribution >= 4 is 29.5 Å². The number of nitrogens with one attached hydrogen (secondary N) is 2. The van der Waals surface area contributed by atoms with E-state index in [1.54, 1.807) is 0 Å². The van der Waals surface area contributed by atoms with Gasteiger partial charge in [-0.2, -0.15) is 0 Å². The van der Waals surface area contributed by atoms with Crippen LogP contribution in [0.2, 0.25) is 5.02 Å². The van der Waals surface area contributed by atoms with Gasteiger partial charge in [0.15, 0.2) is 6.61 Å². The molecule has 22 heavy (non-hydrogen) atoms. The summed E-state index contributed by atoms with van der Waals surface area (Å²) >= 11 is 5.77. The van der Waals surface area contributed by atoms with Crippen LogP contribution in [0, 0.1) is 5.82 Å². The van der Waals surface area contributed by atoms with Crippen LogP contribution in [-0.2, 0) is 20.7 Å².